The minimum atomic E-state index is 0.439. The Morgan fingerprint density at radius 3 is 2.73 bits per heavy atom. The molecule has 0 amide bonds. The highest BCUT2D eigenvalue weighted by atomic mass is 16.5. The normalized spacial score (nSPS) is 10.6. The van der Waals surface area contributed by atoms with E-state index in [1.165, 1.54) is 0 Å². The molecule has 0 unspecified atom stereocenters. The quantitative estimate of drug-likeness (QED) is 0.743. The lowest BCUT2D eigenvalue weighted by Gasteiger charge is -2.12. The van der Waals surface area contributed by atoms with Gasteiger partial charge in [-0.15, -0.1) is 0 Å². The SMILES string of the molecule is [CH2]COc1c(C)c(C)nc2ccccc12. The summed E-state index contributed by atoms with van der Waals surface area (Å²) in [5.41, 5.74) is 3.08. The monoisotopic (exact) mass is 200 g/mol. The second-order valence-electron chi connectivity index (χ2n) is 3.52. The molecule has 1 aromatic heterocycles. The largest absolute Gasteiger partial charge is 0.493 e. The van der Waals surface area contributed by atoms with Crippen molar-refractivity contribution in [2.75, 3.05) is 6.61 Å². The summed E-state index contributed by atoms with van der Waals surface area (Å²) in [4.78, 5) is 4.52. The van der Waals surface area contributed by atoms with Crippen LogP contribution in [0.3, 0.4) is 0 Å². The van der Waals surface area contributed by atoms with Crippen LogP contribution in [0.4, 0.5) is 0 Å². The van der Waals surface area contributed by atoms with Crippen molar-refractivity contribution in [3.63, 3.8) is 0 Å². The first-order valence-corrected chi connectivity index (χ1v) is 5.02. The van der Waals surface area contributed by atoms with E-state index in [2.05, 4.69) is 11.9 Å². The van der Waals surface area contributed by atoms with Crippen LogP contribution in [-0.4, -0.2) is 11.6 Å². The van der Waals surface area contributed by atoms with Crippen molar-refractivity contribution >= 4 is 10.9 Å². The number of ether oxygens (including phenoxy) is 1. The zero-order chi connectivity index (χ0) is 10.8. The van der Waals surface area contributed by atoms with Gasteiger partial charge in [-0.2, -0.15) is 0 Å². The minimum absolute atomic E-state index is 0.439. The van der Waals surface area contributed by atoms with Crippen molar-refractivity contribution in [1.29, 1.82) is 0 Å². The fourth-order valence-corrected chi connectivity index (χ4v) is 1.68. The van der Waals surface area contributed by atoms with Gasteiger partial charge < -0.3 is 4.74 Å². The van der Waals surface area contributed by atoms with Crippen LogP contribution < -0.4 is 4.74 Å². The van der Waals surface area contributed by atoms with E-state index in [0.29, 0.717) is 6.61 Å². The Hall–Kier alpha value is -1.57. The summed E-state index contributed by atoms with van der Waals surface area (Å²) >= 11 is 0. The van der Waals surface area contributed by atoms with E-state index in [-0.39, 0.29) is 0 Å². The third kappa shape index (κ3) is 1.67. The van der Waals surface area contributed by atoms with Gasteiger partial charge in [0, 0.05) is 16.6 Å². The highest BCUT2D eigenvalue weighted by molar-refractivity contribution is 5.86. The Kier molecular flexibility index (Phi) is 2.58. The van der Waals surface area contributed by atoms with Gasteiger partial charge in [0.25, 0.3) is 0 Å². The van der Waals surface area contributed by atoms with Crippen LogP contribution in [0.25, 0.3) is 10.9 Å². The highest BCUT2D eigenvalue weighted by Crippen LogP contribution is 2.29. The predicted octanol–water partition coefficient (Wildman–Crippen LogP) is 3.06. The number of aromatic nitrogens is 1. The lowest BCUT2D eigenvalue weighted by atomic mass is 10.1. The lowest BCUT2D eigenvalue weighted by molar-refractivity contribution is 0.362. The van der Waals surface area contributed by atoms with Crippen molar-refractivity contribution in [2.24, 2.45) is 0 Å². The number of pyridine rings is 1. The van der Waals surface area contributed by atoms with Gasteiger partial charge in [0.2, 0.25) is 0 Å². The fourth-order valence-electron chi connectivity index (χ4n) is 1.68. The first kappa shape index (κ1) is 9.97. The summed E-state index contributed by atoms with van der Waals surface area (Å²) in [5.74, 6) is 0.910. The van der Waals surface area contributed by atoms with Crippen LogP contribution in [0.5, 0.6) is 5.75 Å². The topological polar surface area (TPSA) is 22.1 Å². The molecule has 1 radical (unpaired) electrons. The van der Waals surface area contributed by atoms with Crippen LogP contribution in [-0.2, 0) is 0 Å². The third-order valence-electron chi connectivity index (χ3n) is 2.57. The van der Waals surface area contributed by atoms with Crippen LogP contribution in [0, 0.1) is 20.8 Å². The number of nitrogens with zero attached hydrogens (tertiary/aromatic N) is 1. The summed E-state index contributed by atoms with van der Waals surface area (Å²) < 4.78 is 5.58. The first-order valence-electron chi connectivity index (χ1n) is 5.02. The molecule has 0 atom stereocenters. The molecule has 0 saturated carbocycles. The summed E-state index contributed by atoms with van der Waals surface area (Å²) in [6, 6.07) is 8.00. The molecule has 2 aromatic rings. The maximum atomic E-state index is 5.58. The number of benzene rings is 1. The number of rotatable bonds is 2. The van der Waals surface area contributed by atoms with Crippen LogP contribution in [0.15, 0.2) is 24.3 Å². The maximum Gasteiger partial charge on any atom is 0.133 e. The molecule has 15 heavy (non-hydrogen) atoms. The van der Waals surface area contributed by atoms with Gasteiger partial charge >= 0.3 is 0 Å². The van der Waals surface area contributed by atoms with E-state index >= 15 is 0 Å². The van der Waals surface area contributed by atoms with E-state index in [4.69, 9.17) is 4.74 Å². The zero-order valence-electron chi connectivity index (χ0n) is 9.08. The molecule has 1 aromatic carbocycles. The number of fused-ring (bicyclic) bond motifs is 1. The summed E-state index contributed by atoms with van der Waals surface area (Å²) in [6.45, 7) is 8.18. The second-order valence-corrected chi connectivity index (χ2v) is 3.52. The van der Waals surface area contributed by atoms with Gasteiger partial charge in [-0.05, 0) is 32.9 Å². The number of para-hydroxylation sites is 1. The first-order chi connectivity index (χ1) is 7.24. The molecule has 0 aliphatic rings. The van der Waals surface area contributed by atoms with Gasteiger partial charge in [0.15, 0.2) is 0 Å². The Balaban J connectivity index is 2.77. The molecule has 2 rings (SSSR count). The average molecular weight is 200 g/mol. The Morgan fingerprint density at radius 1 is 1.27 bits per heavy atom. The molecule has 0 aliphatic heterocycles. The van der Waals surface area contributed by atoms with Gasteiger partial charge in [0.05, 0.1) is 12.1 Å². The molecule has 0 N–H and O–H groups in total. The van der Waals surface area contributed by atoms with Gasteiger partial charge in [0.1, 0.15) is 5.75 Å². The smallest absolute Gasteiger partial charge is 0.133 e. The van der Waals surface area contributed by atoms with Crippen LogP contribution in [0.2, 0.25) is 0 Å². The molecular formula is C13H14NO. The molecule has 2 heteroatoms. The second kappa shape index (κ2) is 3.89. The molecule has 0 spiro atoms. The Labute approximate surface area is 89.9 Å². The molecule has 0 aliphatic carbocycles. The molecule has 77 valence electrons. The lowest BCUT2D eigenvalue weighted by Crippen LogP contribution is -1.99. The average Bonchev–Trinajstić information content (AvgIpc) is 2.25. The van der Waals surface area contributed by atoms with Crippen molar-refractivity contribution in [3.05, 3.63) is 42.4 Å². The van der Waals surface area contributed by atoms with E-state index < -0.39 is 0 Å². The van der Waals surface area contributed by atoms with Crippen molar-refractivity contribution in [1.82, 2.24) is 4.98 Å². The van der Waals surface area contributed by atoms with Gasteiger partial charge in [-0.3, -0.25) is 4.98 Å². The van der Waals surface area contributed by atoms with E-state index in [1.54, 1.807) is 0 Å². The minimum Gasteiger partial charge on any atom is -0.493 e. The van der Waals surface area contributed by atoms with Crippen LogP contribution >= 0.6 is 0 Å². The summed E-state index contributed by atoms with van der Waals surface area (Å²) in [6.07, 6.45) is 0. The van der Waals surface area contributed by atoms with Crippen molar-refractivity contribution in [2.45, 2.75) is 13.8 Å². The van der Waals surface area contributed by atoms with Crippen molar-refractivity contribution < 1.29 is 4.74 Å². The van der Waals surface area contributed by atoms with Gasteiger partial charge in [-0.1, -0.05) is 12.1 Å². The third-order valence-corrected chi connectivity index (χ3v) is 2.57. The number of aryl methyl sites for hydroxylation is 1. The fraction of sp³-hybridized carbons (Fsp3) is 0.231. The molecule has 0 bridgehead atoms. The Bertz CT molecular complexity index is 491. The molecule has 2 nitrogen and oxygen atoms in total. The van der Waals surface area contributed by atoms with Crippen LogP contribution in [0.1, 0.15) is 11.3 Å². The highest BCUT2D eigenvalue weighted by Gasteiger charge is 2.09. The predicted molar refractivity (Wildman–Crippen MR) is 62.1 cm³/mol. The number of hydrogen-bond donors (Lipinski definition) is 0. The van der Waals surface area contributed by atoms with E-state index in [1.807, 2.05) is 38.1 Å². The van der Waals surface area contributed by atoms with Gasteiger partial charge in [-0.25, -0.2) is 0 Å². The summed E-state index contributed by atoms with van der Waals surface area (Å²) in [5, 5.41) is 1.06. The number of hydrogen-bond acceptors (Lipinski definition) is 2. The molecule has 0 fully saturated rings. The van der Waals surface area contributed by atoms with Crippen molar-refractivity contribution in [3.8, 4) is 5.75 Å². The maximum absolute atomic E-state index is 5.58. The molecular weight excluding hydrogens is 186 g/mol. The molecule has 0 saturated heterocycles. The van der Waals surface area contributed by atoms with E-state index in [9.17, 15) is 0 Å². The summed E-state index contributed by atoms with van der Waals surface area (Å²) in [7, 11) is 0. The zero-order valence-corrected chi connectivity index (χ0v) is 9.08. The standard InChI is InChI=1S/C13H14NO/c1-4-15-13-9(2)10(3)14-12-8-6-5-7-11(12)13/h5-8H,1,4H2,2-3H3. The van der Waals surface area contributed by atoms with E-state index in [0.717, 1.165) is 27.9 Å². The molecule has 1 heterocycles. The Morgan fingerprint density at radius 2 is 2.00 bits per heavy atom.